The van der Waals surface area contributed by atoms with Crippen molar-refractivity contribution in [1.82, 2.24) is 15.2 Å². The maximum absolute atomic E-state index is 12.4. The third-order valence-electron chi connectivity index (χ3n) is 4.10. The lowest BCUT2D eigenvalue weighted by atomic mass is 10.2. The van der Waals surface area contributed by atoms with E-state index in [0.29, 0.717) is 23.6 Å². The predicted molar refractivity (Wildman–Crippen MR) is 98.9 cm³/mol. The minimum Gasteiger partial charge on any atom is -0.497 e. The van der Waals surface area contributed by atoms with E-state index in [9.17, 15) is 4.79 Å². The van der Waals surface area contributed by atoms with Crippen LogP contribution in [0, 0.1) is 0 Å². The first-order valence-electron chi connectivity index (χ1n) is 8.42. The van der Waals surface area contributed by atoms with E-state index in [-0.39, 0.29) is 5.91 Å². The van der Waals surface area contributed by atoms with Gasteiger partial charge >= 0.3 is 0 Å². The summed E-state index contributed by atoms with van der Waals surface area (Å²) in [5, 5.41) is 5.83. The SMILES string of the molecule is COc1cc(OC)cc(C(=O)NCc2nc(CN3CCOCC3)cs2)c1. The second-order valence-corrected chi connectivity index (χ2v) is 6.85. The van der Waals surface area contributed by atoms with E-state index in [4.69, 9.17) is 14.2 Å². The number of benzene rings is 1. The second-order valence-electron chi connectivity index (χ2n) is 5.91. The lowest BCUT2D eigenvalue weighted by Crippen LogP contribution is -2.35. The van der Waals surface area contributed by atoms with Gasteiger partial charge in [0.25, 0.3) is 5.91 Å². The van der Waals surface area contributed by atoms with Crippen LogP contribution in [0.3, 0.4) is 0 Å². The van der Waals surface area contributed by atoms with E-state index < -0.39 is 0 Å². The van der Waals surface area contributed by atoms with Crippen molar-refractivity contribution in [3.63, 3.8) is 0 Å². The number of rotatable bonds is 7. The van der Waals surface area contributed by atoms with Gasteiger partial charge in [-0.05, 0) is 12.1 Å². The van der Waals surface area contributed by atoms with Crippen molar-refractivity contribution in [2.75, 3.05) is 40.5 Å². The number of morpholine rings is 1. The van der Waals surface area contributed by atoms with Crippen molar-refractivity contribution in [2.45, 2.75) is 13.1 Å². The van der Waals surface area contributed by atoms with Gasteiger partial charge in [-0.1, -0.05) is 0 Å². The van der Waals surface area contributed by atoms with Crippen LogP contribution in [0.5, 0.6) is 11.5 Å². The van der Waals surface area contributed by atoms with Gasteiger partial charge in [0.2, 0.25) is 0 Å². The molecule has 0 atom stereocenters. The van der Waals surface area contributed by atoms with E-state index in [2.05, 4.69) is 15.2 Å². The van der Waals surface area contributed by atoms with Gasteiger partial charge in [-0.25, -0.2) is 4.98 Å². The number of carbonyl (C=O) groups excluding carboxylic acids is 1. The number of carbonyl (C=O) groups is 1. The first kappa shape index (κ1) is 18.6. The zero-order chi connectivity index (χ0) is 18.4. The van der Waals surface area contributed by atoms with Gasteiger partial charge in [0.1, 0.15) is 16.5 Å². The Bertz CT molecular complexity index is 722. The highest BCUT2D eigenvalue weighted by atomic mass is 32.1. The molecule has 1 aliphatic rings. The third-order valence-corrected chi connectivity index (χ3v) is 5.00. The van der Waals surface area contributed by atoms with Crippen molar-refractivity contribution in [2.24, 2.45) is 0 Å². The average molecular weight is 377 g/mol. The Labute approximate surface area is 156 Å². The quantitative estimate of drug-likeness (QED) is 0.795. The van der Waals surface area contributed by atoms with E-state index in [0.717, 1.165) is 43.5 Å². The number of methoxy groups -OCH3 is 2. The van der Waals surface area contributed by atoms with Crippen molar-refractivity contribution in [3.05, 3.63) is 39.8 Å². The summed E-state index contributed by atoms with van der Waals surface area (Å²) in [5.74, 6) is 0.972. The number of hydrogen-bond donors (Lipinski definition) is 1. The molecular weight excluding hydrogens is 354 g/mol. The number of amides is 1. The summed E-state index contributed by atoms with van der Waals surface area (Å²) in [6.45, 7) is 4.63. The molecule has 3 rings (SSSR count). The highest BCUT2D eigenvalue weighted by Gasteiger charge is 2.14. The van der Waals surface area contributed by atoms with Crippen molar-refractivity contribution in [3.8, 4) is 11.5 Å². The molecule has 1 amide bonds. The smallest absolute Gasteiger partial charge is 0.251 e. The van der Waals surface area contributed by atoms with Crippen LogP contribution in [0.15, 0.2) is 23.6 Å². The molecule has 0 unspecified atom stereocenters. The molecule has 0 radical (unpaired) electrons. The number of nitrogens with one attached hydrogen (secondary N) is 1. The molecule has 7 nitrogen and oxygen atoms in total. The number of hydrogen-bond acceptors (Lipinski definition) is 7. The zero-order valence-electron chi connectivity index (χ0n) is 15.0. The van der Waals surface area contributed by atoms with Gasteiger partial charge < -0.3 is 19.5 Å². The molecule has 1 fully saturated rings. The van der Waals surface area contributed by atoms with Crippen LogP contribution in [0.2, 0.25) is 0 Å². The van der Waals surface area contributed by atoms with Gasteiger partial charge in [-0.15, -0.1) is 11.3 Å². The molecule has 1 saturated heterocycles. The lowest BCUT2D eigenvalue weighted by molar-refractivity contribution is 0.0337. The Morgan fingerprint density at radius 2 is 1.92 bits per heavy atom. The largest absolute Gasteiger partial charge is 0.497 e. The monoisotopic (exact) mass is 377 g/mol. The molecule has 0 saturated carbocycles. The predicted octanol–water partition coefficient (Wildman–Crippen LogP) is 1.92. The molecule has 1 N–H and O–H groups in total. The molecule has 1 aromatic carbocycles. The molecule has 0 bridgehead atoms. The molecule has 1 aromatic heterocycles. The van der Waals surface area contributed by atoms with Crippen LogP contribution in [-0.4, -0.2) is 56.3 Å². The Balaban J connectivity index is 1.56. The molecule has 1 aliphatic heterocycles. The summed E-state index contributed by atoms with van der Waals surface area (Å²) >= 11 is 1.56. The van der Waals surface area contributed by atoms with Gasteiger partial charge in [0, 0.05) is 36.6 Å². The minimum atomic E-state index is -0.188. The minimum absolute atomic E-state index is 0.188. The van der Waals surface area contributed by atoms with Gasteiger partial charge in [0.15, 0.2) is 0 Å². The van der Waals surface area contributed by atoms with Crippen molar-refractivity contribution < 1.29 is 19.0 Å². The van der Waals surface area contributed by atoms with E-state index >= 15 is 0 Å². The first-order chi connectivity index (χ1) is 12.7. The van der Waals surface area contributed by atoms with Gasteiger partial charge in [-0.2, -0.15) is 0 Å². The second kappa shape index (κ2) is 8.98. The van der Waals surface area contributed by atoms with Crippen molar-refractivity contribution in [1.29, 1.82) is 0 Å². The molecule has 0 spiro atoms. The van der Waals surface area contributed by atoms with E-state index in [1.165, 1.54) is 0 Å². The van der Waals surface area contributed by atoms with E-state index in [1.807, 2.05) is 5.38 Å². The summed E-state index contributed by atoms with van der Waals surface area (Å²) in [6.07, 6.45) is 0. The molecular formula is C18H23N3O4S. The van der Waals surface area contributed by atoms with Crippen LogP contribution in [0.4, 0.5) is 0 Å². The third kappa shape index (κ3) is 4.94. The van der Waals surface area contributed by atoms with Crippen LogP contribution >= 0.6 is 11.3 Å². The number of aromatic nitrogens is 1. The normalized spacial score (nSPS) is 14.8. The lowest BCUT2D eigenvalue weighted by Gasteiger charge is -2.25. The summed E-state index contributed by atoms with van der Waals surface area (Å²) in [6, 6.07) is 5.10. The molecule has 2 aromatic rings. The number of nitrogens with zero attached hydrogens (tertiary/aromatic N) is 2. The molecule has 26 heavy (non-hydrogen) atoms. The standard InChI is InChI=1S/C18H23N3O4S/c1-23-15-7-13(8-16(9-15)24-2)18(22)19-10-17-20-14(12-26-17)11-21-3-5-25-6-4-21/h7-9,12H,3-6,10-11H2,1-2H3,(H,19,22). The highest BCUT2D eigenvalue weighted by Crippen LogP contribution is 2.22. The zero-order valence-corrected chi connectivity index (χ0v) is 15.8. The average Bonchev–Trinajstić information content (AvgIpc) is 3.13. The molecule has 2 heterocycles. The number of ether oxygens (including phenoxy) is 3. The fraction of sp³-hybridized carbons (Fsp3) is 0.444. The summed E-state index contributed by atoms with van der Waals surface area (Å²) in [5.41, 5.74) is 1.52. The maximum Gasteiger partial charge on any atom is 0.251 e. The summed E-state index contributed by atoms with van der Waals surface area (Å²) < 4.78 is 15.8. The van der Waals surface area contributed by atoms with Crippen LogP contribution in [-0.2, 0) is 17.8 Å². The van der Waals surface area contributed by atoms with Crippen molar-refractivity contribution >= 4 is 17.2 Å². The fourth-order valence-electron chi connectivity index (χ4n) is 2.69. The Kier molecular flexibility index (Phi) is 6.43. The summed E-state index contributed by atoms with van der Waals surface area (Å²) in [4.78, 5) is 19.3. The van der Waals surface area contributed by atoms with Crippen LogP contribution < -0.4 is 14.8 Å². The van der Waals surface area contributed by atoms with Crippen LogP contribution in [0.1, 0.15) is 21.1 Å². The highest BCUT2D eigenvalue weighted by molar-refractivity contribution is 7.09. The Morgan fingerprint density at radius 3 is 2.58 bits per heavy atom. The van der Waals surface area contributed by atoms with E-state index in [1.54, 1.807) is 43.8 Å². The molecule has 8 heteroatoms. The Hall–Kier alpha value is -2.16. The van der Waals surface area contributed by atoms with Gasteiger partial charge in [0.05, 0.1) is 39.7 Å². The topological polar surface area (TPSA) is 72.9 Å². The van der Waals surface area contributed by atoms with Gasteiger partial charge in [-0.3, -0.25) is 9.69 Å². The molecule has 0 aliphatic carbocycles. The Morgan fingerprint density at radius 1 is 1.23 bits per heavy atom. The maximum atomic E-state index is 12.4. The summed E-state index contributed by atoms with van der Waals surface area (Å²) in [7, 11) is 3.12. The fourth-order valence-corrected chi connectivity index (χ4v) is 3.41. The number of thiazole rings is 1. The van der Waals surface area contributed by atoms with Crippen LogP contribution in [0.25, 0.3) is 0 Å². The molecule has 140 valence electrons. The first-order valence-corrected chi connectivity index (χ1v) is 9.30.